The van der Waals surface area contributed by atoms with Crippen LogP contribution in [-0.2, 0) is 0 Å². The minimum absolute atomic E-state index is 0.158. The molecule has 1 N–H and O–H groups in total. The smallest absolute Gasteiger partial charge is 0.137 e. The molecule has 4 aromatic heterocycles. The number of hydrogen-bond acceptors (Lipinski definition) is 4. The molecule has 6 heteroatoms. The van der Waals surface area contributed by atoms with Gasteiger partial charge in [-0.25, -0.2) is 4.98 Å². The average molecular weight is 411 g/mol. The second kappa shape index (κ2) is 8.35. The first-order valence-corrected chi connectivity index (χ1v) is 11.1. The highest BCUT2D eigenvalue weighted by Gasteiger charge is 2.19. The van der Waals surface area contributed by atoms with Gasteiger partial charge in [0.2, 0.25) is 0 Å². The van der Waals surface area contributed by atoms with Gasteiger partial charge in [-0.1, -0.05) is 25.8 Å². The maximum atomic E-state index is 9.14. The Bertz CT molecular complexity index is 1240. The molecule has 6 nitrogen and oxygen atoms in total. The van der Waals surface area contributed by atoms with Gasteiger partial charge in [-0.15, -0.1) is 0 Å². The summed E-state index contributed by atoms with van der Waals surface area (Å²) in [5.41, 5.74) is 5.90. The molecule has 1 fully saturated rings. The van der Waals surface area contributed by atoms with Gasteiger partial charge in [-0.3, -0.25) is 9.67 Å². The summed E-state index contributed by atoms with van der Waals surface area (Å²) < 4.78 is 2.12. The van der Waals surface area contributed by atoms with E-state index in [1.807, 2.05) is 36.8 Å². The second-order valence-corrected chi connectivity index (χ2v) is 8.38. The maximum Gasteiger partial charge on any atom is 0.137 e. The normalized spacial score (nSPS) is 15.4. The van der Waals surface area contributed by atoms with Gasteiger partial charge >= 0.3 is 0 Å². The summed E-state index contributed by atoms with van der Waals surface area (Å²) in [5, 5.41) is 14.8. The molecule has 0 radical (unpaired) electrons. The first-order valence-electron chi connectivity index (χ1n) is 11.1. The summed E-state index contributed by atoms with van der Waals surface area (Å²) in [6, 6.07) is 11.1. The topological polar surface area (TPSA) is 83.2 Å². The molecule has 0 saturated heterocycles. The van der Waals surface area contributed by atoms with Crippen molar-refractivity contribution in [3.63, 3.8) is 0 Å². The number of hydrogen-bond donors (Lipinski definition) is 1. The second-order valence-electron chi connectivity index (χ2n) is 8.38. The van der Waals surface area contributed by atoms with E-state index in [4.69, 9.17) is 10.2 Å². The number of H-pyrrole nitrogens is 1. The van der Waals surface area contributed by atoms with E-state index in [0.717, 1.165) is 45.5 Å². The Morgan fingerprint density at radius 3 is 2.90 bits per heavy atom. The fourth-order valence-electron chi connectivity index (χ4n) is 4.63. The van der Waals surface area contributed by atoms with Gasteiger partial charge in [0, 0.05) is 58.7 Å². The lowest BCUT2D eigenvalue weighted by atomic mass is 9.98. The van der Waals surface area contributed by atoms with Crippen LogP contribution >= 0.6 is 0 Å². The summed E-state index contributed by atoms with van der Waals surface area (Å²) in [6.45, 7) is 2.10. The molecular weight excluding hydrogens is 384 g/mol. The predicted molar refractivity (Wildman–Crippen MR) is 121 cm³/mol. The highest BCUT2D eigenvalue weighted by Crippen LogP contribution is 2.33. The Morgan fingerprint density at radius 1 is 1.23 bits per heavy atom. The minimum atomic E-state index is 0.158. The van der Waals surface area contributed by atoms with Gasteiger partial charge in [-0.05, 0) is 37.5 Å². The third-order valence-electron chi connectivity index (χ3n) is 6.46. The highest BCUT2D eigenvalue weighted by molar-refractivity contribution is 5.94. The molecule has 4 heterocycles. The van der Waals surface area contributed by atoms with Crippen LogP contribution in [0.2, 0.25) is 0 Å². The van der Waals surface area contributed by atoms with Crippen LogP contribution in [0.4, 0.5) is 0 Å². The molecule has 0 spiro atoms. The van der Waals surface area contributed by atoms with Gasteiger partial charge in [0.15, 0.2) is 0 Å². The average Bonchev–Trinajstić information content (AvgIpc) is 3.57. The van der Waals surface area contributed by atoms with Crippen molar-refractivity contribution in [1.82, 2.24) is 24.7 Å². The summed E-state index contributed by atoms with van der Waals surface area (Å²) in [4.78, 5) is 12.8. The Labute approximate surface area is 182 Å². The van der Waals surface area contributed by atoms with Crippen molar-refractivity contribution in [3.8, 4) is 28.5 Å². The fourth-order valence-corrected chi connectivity index (χ4v) is 4.63. The van der Waals surface area contributed by atoms with E-state index in [-0.39, 0.29) is 5.92 Å². The molecule has 1 aliphatic rings. The summed E-state index contributed by atoms with van der Waals surface area (Å²) in [5.74, 6) is 0.158. The van der Waals surface area contributed by atoms with Crippen molar-refractivity contribution in [2.75, 3.05) is 0 Å². The predicted octanol–water partition coefficient (Wildman–Crippen LogP) is 6.01. The lowest BCUT2D eigenvalue weighted by molar-refractivity contribution is 0.467. The molecule has 0 aromatic carbocycles. The van der Waals surface area contributed by atoms with Gasteiger partial charge in [-0.2, -0.15) is 10.4 Å². The lowest BCUT2D eigenvalue weighted by Crippen LogP contribution is -2.04. The number of nitrogens with one attached hydrogen (secondary N) is 1. The number of aromatic amines is 1. The van der Waals surface area contributed by atoms with E-state index in [1.54, 1.807) is 0 Å². The standard InChI is InChI=1S/C25H26N6/c1-2-17(10-11-26)23-8-5-9-24(30-23)22-15-28-25-21(22)12-18(13-27-25)19-14-29-31(16-19)20-6-3-4-7-20/h5,8-9,12-17,20H,2-4,6-7,10H2,1H3,(H,27,28). The molecule has 1 unspecified atom stereocenters. The highest BCUT2D eigenvalue weighted by atomic mass is 15.3. The van der Waals surface area contributed by atoms with Crippen LogP contribution in [0.3, 0.4) is 0 Å². The van der Waals surface area contributed by atoms with E-state index in [0.29, 0.717) is 12.5 Å². The number of aromatic nitrogens is 5. The SMILES string of the molecule is CCC(CC#N)c1cccc(-c2c[nH]c3ncc(-c4cnn(C5CCCC5)c4)cc23)n1. The largest absolute Gasteiger partial charge is 0.345 e. The summed E-state index contributed by atoms with van der Waals surface area (Å²) in [6.07, 6.45) is 14.4. The van der Waals surface area contributed by atoms with E-state index in [1.165, 1.54) is 25.7 Å². The van der Waals surface area contributed by atoms with Crippen molar-refractivity contribution in [2.24, 2.45) is 0 Å². The fraction of sp³-hybridized carbons (Fsp3) is 0.360. The number of pyridine rings is 2. The van der Waals surface area contributed by atoms with Crippen LogP contribution in [0.5, 0.6) is 0 Å². The zero-order valence-corrected chi connectivity index (χ0v) is 17.8. The monoisotopic (exact) mass is 410 g/mol. The Morgan fingerprint density at radius 2 is 2.10 bits per heavy atom. The van der Waals surface area contributed by atoms with Crippen LogP contribution in [0.1, 0.15) is 63.1 Å². The number of rotatable bonds is 6. The van der Waals surface area contributed by atoms with E-state index < -0.39 is 0 Å². The third kappa shape index (κ3) is 3.72. The maximum absolute atomic E-state index is 9.14. The van der Waals surface area contributed by atoms with Crippen LogP contribution in [0.25, 0.3) is 33.4 Å². The molecular formula is C25H26N6. The van der Waals surface area contributed by atoms with Gasteiger partial charge < -0.3 is 4.98 Å². The van der Waals surface area contributed by atoms with Gasteiger partial charge in [0.05, 0.1) is 24.0 Å². The van der Waals surface area contributed by atoms with Crippen LogP contribution < -0.4 is 0 Å². The quantitative estimate of drug-likeness (QED) is 0.422. The molecule has 1 aliphatic carbocycles. The van der Waals surface area contributed by atoms with Crippen molar-refractivity contribution in [3.05, 3.63) is 54.7 Å². The summed E-state index contributed by atoms with van der Waals surface area (Å²) >= 11 is 0. The number of fused-ring (bicyclic) bond motifs is 1. The molecule has 0 amide bonds. The first kappa shape index (κ1) is 19.5. The van der Waals surface area contributed by atoms with Crippen LogP contribution in [0.15, 0.2) is 49.1 Å². The first-order chi connectivity index (χ1) is 15.3. The number of nitrogens with zero attached hydrogens (tertiary/aromatic N) is 5. The van der Waals surface area contributed by atoms with Crippen molar-refractivity contribution in [1.29, 1.82) is 5.26 Å². The zero-order chi connectivity index (χ0) is 21.2. The molecule has 1 atom stereocenters. The molecule has 0 aliphatic heterocycles. The van der Waals surface area contributed by atoms with Crippen molar-refractivity contribution >= 4 is 11.0 Å². The minimum Gasteiger partial charge on any atom is -0.345 e. The van der Waals surface area contributed by atoms with Gasteiger partial charge in [0.1, 0.15) is 5.65 Å². The molecule has 31 heavy (non-hydrogen) atoms. The lowest BCUT2D eigenvalue weighted by Gasteiger charge is -2.11. The van der Waals surface area contributed by atoms with E-state index >= 15 is 0 Å². The zero-order valence-electron chi connectivity index (χ0n) is 17.8. The van der Waals surface area contributed by atoms with E-state index in [2.05, 4.69) is 45.0 Å². The molecule has 4 aromatic rings. The third-order valence-corrected chi connectivity index (χ3v) is 6.46. The van der Waals surface area contributed by atoms with Gasteiger partial charge in [0.25, 0.3) is 0 Å². The van der Waals surface area contributed by atoms with E-state index in [9.17, 15) is 0 Å². The van der Waals surface area contributed by atoms with Crippen LogP contribution in [-0.4, -0.2) is 24.7 Å². The Kier molecular flexibility index (Phi) is 5.25. The number of nitriles is 1. The Hall–Kier alpha value is -3.46. The van der Waals surface area contributed by atoms with Crippen LogP contribution in [0, 0.1) is 11.3 Å². The van der Waals surface area contributed by atoms with Crippen molar-refractivity contribution < 1.29 is 0 Å². The van der Waals surface area contributed by atoms with Crippen molar-refractivity contribution in [2.45, 2.75) is 57.4 Å². The molecule has 0 bridgehead atoms. The summed E-state index contributed by atoms with van der Waals surface area (Å²) in [7, 11) is 0. The molecule has 5 rings (SSSR count). The molecule has 156 valence electrons. The molecule has 1 saturated carbocycles. The Balaban J connectivity index is 1.51.